The number of unbranched alkanes of at least 4 members (excludes halogenated alkanes) is 24. The fourth-order valence-corrected chi connectivity index (χ4v) is 8.40. The van der Waals surface area contributed by atoms with Gasteiger partial charge in [-0.3, -0.25) is 28.0 Å². The third-order valence-corrected chi connectivity index (χ3v) is 12.9. The molecule has 0 aromatic rings. The highest BCUT2D eigenvalue weighted by molar-refractivity contribution is 7.48. The minimum atomic E-state index is -4.11. The number of ether oxygens (including phenoxy) is 2. The highest BCUT2D eigenvalue weighted by Crippen LogP contribution is 2.48. The first kappa shape index (κ1) is 62.4. The van der Waals surface area contributed by atoms with Gasteiger partial charge < -0.3 is 36.9 Å². The molecule has 0 aromatic carbocycles. The molecule has 1 amide bonds. The summed E-state index contributed by atoms with van der Waals surface area (Å²) in [5.41, 5.74) is 11.2. The van der Waals surface area contributed by atoms with Gasteiger partial charge in [0.05, 0.1) is 19.3 Å². The van der Waals surface area contributed by atoms with Crippen LogP contribution in [0.1, 0.15) is 219 Å². The fraction of sp³-hybridized carbons (Fsp3) is 0.939. The van der Waals surface area contributed by atoms with Crippen molar-refractivity contribution in [1.82, 2.24) is 16.0 Å². The Morgan fingerprint density at radius 2 is 0.984 bits per heavy atom. The predicted molar refractivity (Wildman–Crippen MR) is 262 cm³/mol. The third kappa shape index (κ3) is 41.8. The first-order valence-electron chi connectivity index (χ1n) is 26.2. The van der Waals surface area contributed by atoms with E-state index in [-0.39, 0.29) is 51.1 Å². The average Bonchev–Trinajstić information content (AvgIpc) is 3.29. The van der Waals surface area contributed by atoms with E-state index in [2.05, 4.69) is 29.8 Å². The maximum absolute atomic E-state index is 13.4. The summed E-state index contributed by atoms with van der Waals surface area (Å²) in [6.45, 7) is 7.18. The number of hydrogen-bond acceptors (Lipinski definition) is 13. The van der Waals surface area contributed by atoms with Gasteiger partial charge in [0.15, 0.2) is 6.10 Å². The van der Waals surface area contributed by atoms with Gasteiger partial charge in [0, 0.05) is 26.5 Å². The number of carbonyl (C=O) groups excluding carboxylic acids is 3. The molecule has 3 atom stereocenters. The summed E-state index contributed by atoms with van der Waals surface area (Å²) in [6.07, 6.45) is 34.0. The summed E-state index contributed by atoms with van der Waals surface area (Å²) in [5.74, 6) is -1.01. The Kier molecular flexibility index (Phi) is 46.6. The maximum Gasteiger partial charge on any atom is 0.474 e. The van der Waals surface area contributed by atoms with Crippen molar-refractivity contribution in [2.24, 2.45) is 11.5 Å². The smallest absolute Gasteiger partial charge is 0.462 e. The topological polar surface area (TPSA) is 203 Å². The fourth-order valence-electron chi connectivity index (χ4n) is 7.45. The Hall–Kier alpha value is -1.64. The van der Waals surface area contributed by atoms with Crippen molar-refractivity contribution >= 4 is 25.7 Å². The van der Waals surface area contributed by atoms with Gasteiger partial charge in [-0.1, -0.05) is 168 Å². The molecule has 0 aliphatic rings. The average molecular weight is 934 g/mol. The Morgan fingerprint density at radius 3 is 1.47 bits per heavy atom. The van der Waals surface area contributed by atoms with Crippen LogP contribution >= 0.6 is 7.82 Å². The van der Waals surface area contributed by atoms with Crippen molar-refractivity contribution in [3.8, 4) is 0 Å². The van der Waals surface area contributed by atoms with Crippen LogP contribution in [0.4, 0.5) is 0 Å². The molecule has 0 radical (unpaired) electrons. The number of esters is 2. The number of carbonyl (C=O) groups is 3. The first-order chi connectivity index (χ1) is 31.2. The Labute approximate surface area is 391 Å². The zero-order valence-electron chi connectivity index (χ0n) is 41.4. The van der Waals surface area contributed by atoms with Gasteiger partial charge in [0.2, 0.25) is 5.91 Å². The molecule has 64 heavy (non-hydrogen) atoms. The van der Waals surface area contributed by atoms with Crippen LogP contribution in [0.25, 0.3) is 0 Å². The number of nitrogens with two attached hydrogens (primary N) is 2. The van der Waals surface area contributed by atoms with E-state index in [1.165, 1.54) is 129 Å². The Bertz CT molecular complexity index is 1110. The van der Waals surface area contributed by atoms with Crippen molar-refractivity contribution < 1.29 is 42.0 Å². The second kappa shape index (κ2) is 47.8. The summed E-state index contributed by atoms with van der Waals surface area (Å²) in [7, 11) is -2.91. The highest BCUT2D eigenvalue weighted by Gasteiger charge is 2.29. The van der Waals surface area contributed by atoms with Crippen LogP contribution < -0.4 is 27.4 Å². The van der Waals surface area contributed by atoms with Crippen molar-refractivity contribution in [2.45, 2.75) is 231 Å². The van der Waals surface area contributed by atoms with Crippen molar-refractivity contribution in [1.29, 1.82) is 0 Å². The molecular formula is C49H100N5O9P. The minimum Gasteiger partial charge on any atom is -0.462 e. The first-order valence-corrected chi connectivity index (χ1v) is 27.6. The lowest BCUT2D eigenvalue weighted by Gasteiger charge is -2.22. The molecule has 380 valence electrons. The van der Waals surface area contributed by atoms with Crippen LogP contribution in [0.15, 0.2) is 0 Å². The molecule has 0 heterocycles. The van der Waals surface area contributed by atoms with Crippen molar-refractivity contribution in [3.63, 3.8) is 0 Å². The van der Waals surface area contributed by atoms with E-state index in [0.29, 0.717) is 32.5 Å². The van der Waals surface area contributed by atoms with Gasteiger partial charge >= 0.3 is 19.8 Å². The lowest BCUT2D eigenvalue weighted by Crippen LogP contribution is -2.46. The Morgan fingerprint density at radius 1 is 0.531 bits per heavy atom. The van der Waals surface area contributed by atoms with Gasteiger partial charge in [-0.2, -0.15) is 0 Å². The van der Waals surface area contributed by atoms with Gasteiger partial charge in [0.25, 0.3) is 0 Å². The van der Waals surface area contributed by atoms with Crippen LogP contribution in [0.5, 0.6) is 0 Å². The molecule has 0 fully saturated rings. The SMILES string of the molecule is CCCCCCCCCCCCCCCC(=O)OCC(COP(=O)(OC)OCCNC(=O)C(CCCNCCCN)NCCCN)OC(=O)CCCCCCCCCCCCCCC. The Balaban J connectivity index is 4.90. The third-order valence-electron chi connectivity index (χ3n) is 11.5. The lowest BCUT2D eigenvalue weighted by molar-refractivity contribution is -0.161. The standard InChI is InChI=1S/C49H100N5O9P/c1-4-6-8-10-12-14-16-18-20-22-24-26-28-34-47(55)60-43-45(63-48(56)35-29-27-25-23-21-19-17-15-13-11-9-7-5-2)44-62-64(58,59-3)61-42-41-54-49(57)46(53-40-32-37-51)33-30-38-52-39-31-36-50/h45-46,52-53H,4-44,50-51H2,1-3H3,(H,54,57). The summed E-state index contributed by atoms with van der Waals surface area (Å²) >= 11 is 0. The van der Waals surface area contributed by atoms with Crippen molar-refractivity contribution in [3.05, 3.63) is 0 Å². The van der Waals surface area contributed by atoms with Gasteiger partial charge in [-0.25, -0.2) is 4.57 Å². The van der Waals surface area contributed by atoms with Gasteiger partial charge in [0.1, 0.15) is 6.61 Å². The van der Waals surface area contributed by atoms with Gasteiger partial charge in [-0.05, 0) is 71.2 Å². The van der Waals surface area contributed by atoms with Crippen LogP contribution in [-0.2, 0) is 42.0 Å². The van der Waals surface area contributed by atoms with E-state index < -0.39 is 25.9 Å². The molecule has 0 spiro atoms. The van der Waals surface area contributed by atoms with Crippen LogP contribution in [0, 0.1) is 0 Å². The number of phosphoric ester groups is 1. The summed E-state index contributed by atoms with van der Waals surface area (Å²) in [6, 6.07) is -0.421. The number of rotatable bonds is 51. The van der Waals surface area contributed by atoms with Gasteiger partial charge in [-0.15, -0.1) is 0 Å². The molecule has 0 saturated carbocycles. The predicted octanol–water partition coefficient (Wildman–Crippen LogP) is 10.3. The van der Waals surface area contributed by atoms with Crippen molar-refractivity contribution in [2.75, 3.05) is 66.2 Å². The normalized spacial score (nSPS) is 13.4. The van der Waals surface area contributed by atoms with Crippen LogP contribution in [0.2, 0.25) is 0 Å². The molecular weight excluding hydrogens is 834 g/mol. The minimum absolute atomic E-state index is 0.0632. The molecule has 7 N–H and O–H groups in total. The molecule has 0 aliphatic heterocycles. The summed E-state index contributed by atoms with van der Waals surface area (Å²) in [4.78, 5) is 38.7. The molecule has 0 aromatic heterocycles. The number of amides is 1. The largest absolute Gasteiger partial charge is 0.474 e. The number of nitrogens with one attached hydrogen (secondary N) is 3. The maximum atomic E-state index is 13.4. The molecule has 0 bridgehead atoms. The molecule has 0 aliphatic carbocycles. The summed E-state index contributed by atoms with van der Waals surface area (Å²) < 4.78 is 40.8. The quantitative estimate of drug-likeness (QED) is 0.0219. The molecule has 15 heteroatoms. The number of hydrogen-bond donors (Lipinski definition) is 5. The van der Waals surface area contributed by atoms with E-state index in [0.717, 1.165) is 70.9 Å². The molecule has 0 saturated heterocycles. The van der Waals surface area contributed by atoms with E-state index in [1.54, 1.807) is 0 Å². The van der Waals surface area contributed by atoms with E-state index >= 15 is 0 Å². The highest BCUT2D eigenvalue weighted by atomic mass is 31.2. The zero-order valence-corrected chi connectivity index (χ0v) is 42.3. The van der Waals surface area contributed by atoms with E-state index in [4.69, 9.17) is 34.5 Å². The molecule has 14 nitrogen and oxygen atoms in total. The van der Waals surface area contributed by atoms with E-state index in [9.17, 15) is 18.9 Å². The van der Waals surface area contributed by atoms with E-state index in [1.807, 2.05) is 0 Å². The monoisotopic (exact) mass is 934 g/mol. The van der Waals surface area contributed by atoms with Crippen LogP contribution in [0.3, 0.4) is 0 Å². The lowest BCUT2D eigenvalue weighted by atomic mass is 10.0. The molecule has 3 unspecified atom stereocenters. The second-order valence-corrected chi connectivity index (χ2v) is 19.3. The van der Waals surface area contributed by atoms with Crippen LogP contribution in [-0.4, -0.2) is 96.2 Å². The molecule has 0 rings (SSSR count). The zero-order chi connectivity index (χ0) is 47.0. The number of phosphoric acid groups is 1. The second-order valence-electron chi connectivity index (χ2n) is 17.5. The summed E-state index contributed by atoms with van der Waals surface area (Å²) in [5, 5.41) is 9.43.